The smallest absolute Gasteiger partial charge is 0.231 e. The highest BCUT2D eigenvalue weighted by Gasteiger charge is 2.22. The molecule has 0 aromatic heterocycles. The van der Waals surface area contributed by atoms with Gasteiger partial charge in [-0.05, 0) is 55.5 Å². The van der Waals surface area contributed by atoms with Crippen LogP contribution in [0.15, 0.2) is 53.5 Å². The summed E-state index contributed by atoms with van der Waals surface area (Å²) in [6, 6.07) is 16.8. The van der Waals surface area contributed by atoms with E-state index in [4.69, 9.17) is 14.5 Å². The fraction of sp³-hybridized carbons (Fsp3) is 0.435. The summed E-state index contributed by atoms with van der Waals surface area (Å²) in [5.41, 5.74) is 2.54. The van der Waals surface area contributed by atoms with Gasteiger partial charge in [0.25, 0.3) is 0 Å². The van der Waals surface area contributed by atoms with E-state index in [1.165, 1.54) is 17.7 Å². The molecule has 4 rings (SSSR count). The Morgan fingerprint density at radius 2 is 1.97 bits per heavy atom. The zero-order valence-electron chi connectivity index (χ0n) is 17.1. The molecular formula is C23H30N4O2. The molecular weight excluding hydrogens is 364 g/mol. The fourth-order valence-corrected chi connectivity index (χ4v) is 3.84. The van der Waals surface area contributed by atoms with E-state index in [0.29, 0.717) is 12.7 Å². The van der Waals surface area contributed by atoms with Crippen LogP contribution in [0.3, 0.4) is 0 Å². The highest BCUT2D eigenvalue weighted by Crippen LogP contribution is 2.32. The van der Waals surface area contributed by atoms with Crippen molar-refractivity contribution in [3.8, 4) is 11.5 Å². The molecule has 0 amide bonds. The van der Waals surface area contributed by atoms with Crippen LogP contribution in [0.5, 0.6) is 11.5 Å². The molecule has 2 N–H and O–H groups in total. The van der Waals surface area contributed by atoms with Gasteiger partial charge in [-0.2, -0.15) is 0 Å². The maximum absolute atomic E-state index is 5.46. The third-order valence-corrected chi connectivity index (χ3v) is 5.40. The first-order valence-corrected chi connectivity index (χ1v) is 10.5. The van der Waals surface area contributed by atoms with Crippen LogP contribution < -0.4 is 25.0 Å². The van der Waals surface area contributed by atoms with Crippen molar-refractivity contribution >= 4 is 11.6 Å². The van der Waals surface area contributed by atoms with Crippen LogP contribution in [0.1, 0.15) is 18.9 Å². The number of aliphatic imine (C=N–C) groups is 1. The zero-order chi connectivity index (χ0) is 19.9. The number of fused-ring (bicyclic) bond motifs is 1. The maximum atomic E-state index is 5.46. The van der Waals surface area contributed by atoms with E-state index in [-0.39, 0.29) is 0 Å². The Kier molecular flexibility index (Phi) is 6.39. The molecule has 0 bridgehead atoms. The van der Waals surface area contributed by atoms with Gasteiger partial charge in [0.2, 0.25) is 6.79 Å². The molecule has 0 spiro atoms. The van der Waals surface area contributed by atoms with Crippen molar-refractivity contribution in [3.63, 3.8) is 0 Å². The summed E-state index contributed by atoms with van der Waals surface area (Å²) < 4.78 is 10.8. The minimum absolute atomic E-state index is 0.317. The van der Waals surface area contributed by atoms with E-state index in [0.717, 1.165) is 56.6 Å². The van der Waals surface area contributed by atoms with E-state index in [1.54, 1.807) is 0 Å². The summed E-state index contributed by atoms with van der Waals surface area (Å²) in [4.78, 5) is 7.29. The molecule has 0 aliphatic carbocycles. The van der Waals surface area contributed by atoms with Crippen LogP contribution in [0.25, 0.3) is 0 Å². The summed E-state index contributed by atoms with van der Waals surface area (Å²) >= 11 is 0. The molecule has 2 heterocycles. The maximum Gasteiger partial charge on any atom is 0.231 e. The molecule has 1 saturated heterocycles. The summed E-state index contributed by atoms with van der Waals surface area (Å²) in [6.07, 6.45) is 2.10. The number of nitrogens with one attached hydrogen (secondary N) is 2. The summed E-state index contributed by atoms with van der Waals surface area (Å²) in [5, 5.41) is 6.81. The van der Waals surface area contributed by atoms with Gasteiger partial charge in [-0.3, -0.25) is 4.99 Å². The summed E-state index contributed by atoms with van der Waals surface area (Å²) in [5.74, 6) is 3.16. The Hall–Kier alpha value is -2.89. The number of guanidine groups is 1. The Morgan fingerprint density at radius 1 is 1.10 bits per heavy atom. The van der Waals surface area contributed by atoms with Crippen LogP contribution in [0.4, 0.5) is 5.69 Å². The summed E-state index contributed by atoms with van der Waals surface area (Å²) in [7, 11) is 0. The lowest BCUT2D eigenvalue weighted by molar-refractivity contribution is 0.174. The largest absolute Gasteiger partial charge is 0.454 e. The lowest BCUT2D eigenvalue weighted by Gasteiger charge is -2.18. The molecule has 154 valence electrons. The Morgan fingerprint density at radius 3 is 2.83 bits per heavy atom. The Labute approximate surface area is 172 Å². The van der Waals surface area contributed by atoms with Crippen molar-refractivity contribution in [3.05, 3.63) is 54.1 Å². The van der Waals surface area contributed by atoms with Gasteiger partial charge in [-0.1, -0.05) is 24.3 Å². The van der Waals surface area contributed by atoms with Crippen molar-refractivity contribution in [1.29, 1.82) is 0 Å². The number of benzene rings is 2. The normalized spacial score (nSPS) is 18.2. The van der Waals surface area contributed by atoms with Crippen LogP contribution in [-0.4, -0.2) is 45.5 Å². The predicted molar refractivity (Wildman–Crippen MR) is 117 cm³/mol. The number of hydrogen-bond acceptors (Lipinski definition) is 4. The molecule has 1 unspecified atom stereocenters. The van der Waals surface area contributed by atoms with Gasteiger partial charge < -0.3 is 25.0 Å². The molecule has 1 fully saturated rings. The predicted octanol–water partition coefficient (Wildman–Crippen LogP) is 3.04. The standard InChI is InChI=1S/C23H30N4O2/c1-2-24-23(25-12-10-18-8-9-21-22(14-18)29-17-28-21)26-15-19-11-13-27(16-19)20-6-4-3-5-7-20/h3-9,14,19H,2,10-13,15-17H2,1H3,(H2,24,25,26). The second-order valence-electron chi connectivity index (χ2n) is 7.52. The minimum atomic E-state index is 0.317. The van der Waals surface area contributed by atoms with Gasteiger partial charge in [-0.15, -0.1) is 0 Å². The first-order valence-electron chi connectivity index (χ1n) is 10.5. The van der Waals surface area contributed by atoms with Gasteiger partial charge >= 0.3 is 0 Å². The zero-order valence-corrected chi connectivity index (χ0v) is 17.1. The number of nitrogens with zero attached hydrogens (tertiary/aromatic N) is 2. The quantitative estimate of drug-likeness (QED) is 0.558. The second-order valence-corrected chi connectivity index (χ2v) is 7.52. The van der Waals surface area contributed by atoms with Gasteiger partial charge in [-0.25, -0.2) is 0 Å². The molecule has 0 radical (unpaired) electrons. The topological polar surface area (TPSA) is 58.1 Å². The first kappa shape index (κ1) is 19.4. The average Bonchev–Trinajstić information content (AvgIpc) is 3.42. The third-order valence-electron chi connectivity index (χ3n) is 5.40. The molecule has 2 aliphatic heterocycles. The molecule has 2 aliphatic rings. The number of ether oxygens (including phenoxy) is 2. The number of hydrogen-bond donors (Lipinski definition) is 2. The first-order chi connectivity index (χ1) is 14.3. The molecule has 2 aromatic rings. The molecule has 2 aromatic carbocycles. The SMILES string of the molecule is CCNC(=NCC1CCN(c2ccccc2)C1)NCCc1ccc2c(c1)OCO2. The van der Waals surface area contributed by atoms with Crippen LogP contribution in [-0.2, 0) is 6.42 Å². The Bertz CT molecular complexity index is 825. The lowest BCUT2D eigenvalue weighted by atomic mass is 10.1. The van der Waals surface area contributed by atoms with Crippen molar-refractivity contribution < 1.29 is 9.47 Å². The summed E-state index contributed by atoms with van der Waals surface area (Å²) in [6.45, 7) is 7.13. The molecule has 1 atom stereocenters. The van der Waals surface area contributed by atoms with Crippen molar-refractivity contribution in [1.82, 2.24) is 10.6 Å². The van der Waals surface area contributed by atoms with Crippen molar-refractivity contribution in [2.45, 2.75) is 19.8 Å². The van der Waals surface area contributed by atoms with E-state index in [1.807, 2.05) is 6.07 Å². The van der Waals surface area contributed by atoms with Crippen molar-refractivity contribution in [2.24, 2.45) is 10.9 Å². The molecule has 0 saturated carbocycles. The lowest BCUT2D eigenvalue weighted by Crippen LogP contribution is -2.38. The Balaban J connectivity index is 1.26. The van der Waals surface area contributed by atoms with Gasteiger partial charge in [0.15, 0.2) is 17.5 Å². The van der Waals surface area contributed by atoms with E-state index < -0.39 is 0 Å². The second kappa shape index (κ2) is 9.54. The van der Waals surface area contributed by atoms with E-state index in [2.05, 4.69) is 64.9 Å². The highest BCUT2D eigenvalue weighted by molar-refractivity contribution is 5.79. The minimum Gasteiger partial charge on any atom is -0.454 e. The van der Waals surface area contributed by atoms with Crippen LogP contribution in [0, 0.1) is 5.92 Å². The van der Waals surface area contributed by atoms with Crippen LogP contribution in [0.2, 0.25) is 0 Å². The number of rotatable bonds is 7. The average molecular weight is 395 g/mol. The molecule has 6 nitrogen and oxygen atoms in total. The highest BCUT2D eigenvalue weighted by atomic mass is 16.7. The fourth-order valence-electron chi connectivity index (χ4n) is 3.84. The molecule has 29 heavy (non-hydrogen) atoms. The van der Waals surface area contributed by atoms with Gasteiger partial charge in [0, 0.05) is 38.4 Å². The molecule has 6 heteroatoms. The van der Waals surface area contributed by atoms with E-state index >= 15 is 0 Å². The van der Waals surface area contributed by atoms with Crippen LogP contribution >= 0.6 is 0 Å². The number of anilines is 1. The monoisotopic (exact) mass is 394 g/mol. The van der Waals surface area contributed by atoms with Gasteiger partial charge in [0.1, 0.15) is 0 Å². The van der Waals surface area contributed by atoms with Crippen molar-refractivity contribution in [2.75, 3.05) is 44.4 Å². The number of para-hydroxylation sites is 1. The third kappa shape index (κ3) is 5.13. The van der Waals surface area contributed by atoms with E-state index in [9.17, 15) is 0 Å². The van der Waals surface area contributed by atoms with Gasteiger partial charge in [0.05, 0.1) is 0 Å².